The first-order chi connectivity index (χ1) is 12.1. The number of nitrogens with one attached hydrogen (secondary N) is 1. The van der Waals surface area contributed by atoms with E-state index >= 15 is 0 Å². The van der Waals surface area contributed by atoms with E-state index in [1.54, 1.807) is 30.3 Å². The molecule has 0 radical (unpaired) electrons. The summed E-state index contributed by atoms with van der Waals surface area (Å²) in [5.74, 6) is -1.89. The highest BCUT2D eigenvalue weighted by Gasteiger charge is 2.27. The quantitative estimate of drug-likeness (QED) is 0.756. The standard InChI is InChI=1S/C17H20N2O6S/c1-11-15(26(23,24)19(2)3)10-14(25-11)17(22)18-13(9-16(20)21)12-7-5-4-6-8-12/h4-8,10,13H,9H2,1-3H3,(H,18,22)(H,20,21). The van der Waals surface area contributed by atoms with Gasteiger partial charge in [0.15, 0.2) is 5.76 Å². The van der Waals surface area contributed by atoms with Gasteiger partial charge in [-0.25, -0.2) is 12.7 Å². The van der Waals surface area contributed by atoms with E-state index in [2.05, 4.69) is 5.32 Å². The minimum Gasteiger partial charge on any atom is -0.481 e. The highest BCUT2D eigenvalue weighted by Crippen LogP contribution is 2.23. The van der Waals surface area contributed by atoms with Crippen LogP contribution in [0.1, 0.15) is 34.3 Å². The van der Waals surface area contributed by atoms with Crippen LogP contribution < -0.4 is 5.32 Å². The van der Waals surface area contributed by atoms with Gasteiger partial charge in [-0.15, -0.1) is 0 Å². The Bertz CT molecular complexity index is 903. The van der Waals surface area contributed by atoms with Gasteiger partial charge >= 0.3 is 5.97 Å². The molecule has 26 heavy (non-hydrogen) atoms. The first-order valence-electron chi connectivity index (χ1n) is 7.73. The van der Waals surface area contributed by atoms with Gasteiger partial charge in [-0.3, -0.25) is 9.59 Å². The van der Waals surface area contributed by atoms with Crippen LogP contribution in [0.2, 0.25) is 0 Å². The number of furan rings is 1. The molecule has 0 spiro atoms. The van der Waals surface area contributed by atoms with Crippen molar-refractivity contribution in [1.82, 2.24) is 9.62 Å². The summed E-state index contributed by atoms with van der Waals surface area (Å²) in [6, 6.07) is 9.00. The molecule has 0 aliphatic heterocycles. The third kappa shape index (κ3) is 4.30. The molecule has 140 valence electrons. The second-order valence-corrected chi connectivity index (χ2v) is 7.97. The van der Waals surface area contributed by atoms with Crippen molar-refractivity contribution in [3.63, 3.8) is 0 Å². The number of carbonyl (C=O) groups is 2. The Kier molecular flexibility index (Phi) is 5.83. The van der Waals surface area contributed by atoms with E-state index in [0.29, 0.717) is 5.56 Å². The molecule has 1 unspecified atom stereocenters. The number of aliphatic carboxylic acids is 1. The maximum Gasteiger partial charge on any atom is 0.305 e. The Hall–Kier alpha value is -2.65. The van der Waals surface area contributed by atoms with Gasteiger partial charge in [0, 0.05) is 20.2 Å². The van der Waals surface area contributed by atoms with Gasteiger partial charge in [-0.1, -0.05) is 30.3 Å². The second-order valence-electron chi connectivity index (χ2n) is 5.85. The fraction of sp³-hybridized carbons (Fsp3) is 0.294. The first kappa shape index (κ1) is 19.7. The second kappa shape index (κ2) is 7.71. The van der Waals surface area contributed by atoms with Gasteiger partial charge in [0.1, 0.15) is 10.7 Å². The summed E-state index contributed by atoms with van der Waals surface area (Å²) in [7, 11) is -1.00. The zero-order valence-corrected chi connectivity index (χ0v) is 15.4. The molecule has 1 atom stereocenters. The molecular weight excluding hydrogens is 360 g/mol. The summed E-state index contributed by atoms with van der Waals surface area (Å²) >= 11 is 0. The molecule has 0 saturated heterocycles. The summed E-state index contributed by atoms with van der Waals surface area (Å²) in [5.41, 5.74) is 0.618. The maximum atomic E-state index is 12.5. The lowest BCUT2D eigenvalue weighted by Gasteiger charge is -2.16. The number of hydrogen-bond acceptors (Lipinski definition) is 5. The molecule has 0 fully saturated rings. The lowest BCUT2D eigenvalue weighted by molar-refractivity contribution is -0.137. The average molecular weight is 380 g/mol. The summed E-state index contributed by atoms with van der Waals surface area (Å²) < 4.78 is 30.8. The van der Waals surface area contributed by atoms with E-state index in [4.69, 9.17) is 9.52 Å². The largest absolute Gasteiger partial charge is 0.481 e. The van der Waals surface area contributed by atoms with Crippen LogP contribution in [0, 0.1) is 6.92 Å². The van der Waals surface area contributed by atoms with Crippen molar-refractivity contribution in [2.75, 3.05) is 14.1 Å². The SMILES string of the molecule is Cc1oc(C(=O)NC(CC(=O)O)c2ccccc2)cc1S(=O)(=O)N(C)C. The number of aryl methyl sites for hydroxylation is 1. The van der Waals surface area contributed by atoms with Crippen molar-refractivity contribution >= 4 is 21.9 Å². The van der Waals surface area contributed by atoms with Crippen LogP contribution in [0.3, 0.4) is 0 Å². The predicted molar refractivity (Wildman–Crippen MR) is 93.2 cm³/mol. The number of sulfonamides is 1. The first-order valence-corrected chi connectivity index (χ1v) is 9.17. The topological polar surface area (TPSA) is 117 Å². The molecule has 1 aromatic carbocycles. The highest BCUT2D eigenvalue weighted by atomic mass is 32.2. The number of carbonyl (C=O) groups excluding carboxylic acids is 1. The van der Waals surface area contributed by atoms with Crippen LogP contribution in [0.5, 0.6) is 0 Å². The molecule has 1 amide bonds. The summed E-state index contributed by atoms with van der Waals surface area (Å²) in [6.45, 7) is 1.44. The monoisotopic (exact) mass is 380 g/mol. The van der Waals surface area contributed by atoms with Crippen LogP contribution >= 0.6 is 0 Å². The number of carboxylic acids is 1. The zero-order chi connectivity index (χ0) is 19.5. The van der Waals surface area contributed by atoms with Gasteiger partial charge in [-0.2, -0.15) is 0 Å². The van der Waals surface area contributed by atoms with Crippen molar-refractivity contribution in [1.29, 1.82) is 0 Å². The molecule has 0 aliphatic rings. The Morgan fingerprint density at radius 3 is 2.38 bits per heavy atom. The Balaban J connectivity index is 2.29. The van der Waals surface area contributed by atoms with Crippen LogP contribution in [0.4, 0.5) is 0 Å². The van der Waals surface area contributed by atoms with Gasteiger partial charge in [-0.05, 0) is 12.5 Å². The Labute approximate surface area is 151 Å². The molecule has 0 bridgehead atoms. The number of rotatable bonds is 7. The number of hydrogen-bond donors (Lipinski definition) is 2. The van der Waals surface area contributed by atoms with Crippen molar-refractivity contribution < 1.29 is 27.5 Å². The van der Waals surface area contributed by atoms with Crippen molar-refractivity contribution in [3.8, 4) is 0 Å². The Morgan fingerprint density at radius 1 is 1.23 bits per heavy atom. The lowest BCUT2D eigenvalue weighted by atomic mass is 10.0. The Morgan fingerprint density at radius 2 is 1.85 bits per heavy atom. The third-order valence-electron chi connectivity index (χ3n) is 3.74. The average Bonchev–Trinajstić information content (AvgIpc) is 2.97. The van der Waals surface area contributed by atoms with Crippen molar-refractivity contribution in [2.45, 2.75) is 24.3 Å². The normalized spacial score (nSPS) is 12.8. The van der Waals surface area contributed by atoms with Gasteiger partial charge in [0.2, 0.25) is 10.0 Å². The fourth-order valence-corrected chi connectivity index (χ4v) is 3.43. The van der Waals surface area contributed by atoms with Gasteiger partial charge in [0.25, 0.3) is 5.91 Å². The molecule has 8 nitrogen and oxygen atoms in total. The van der Waals surface area contributed by atoms with Crippen molar-refractivity contribution in [3.05, 3.63) is 53.5 Å². The van der Waals surface area contributed by atoms with Crippen LogP contribution in [-0.4, -0.2) is 43.8 Å². The fourth-order valence-electron chi connectivity index (χ4n) is 2.37. The number of nitrogens with zero attached hydrogens (tertiary/aromatic N) is 1. The zero-order valence-electron chi connectivity index (χ0n) is 14.6. The number of amides is 1. The molecule has 1 aromatic heterocycles. The molecule has 1 heterocycles. The molecule has 2 aromatic rings. The van der Waals surface area contributed by atoms with Crippen LogP contribution in [0.25, 0.3) is 0 Å². The van der Waals surface area contributed by atoms with Gasteiger partial charge in [0.05, 0.1) is 12.5 Å². The molecule has 0 aliphatic carbocycles. The van der Waals surface area contributed by atoms with E-state index in [0.717, 1.165) is 10.4 Å². The summed E-state index contributed by atoms with van der Waals surface area (Å²) in [6.07, 6.45) is -0.321. The minimum atomic E-state index is -3.75. The van der Waals surface area contributed by atoms with Crippen LogP contribution in [-0.2, 0) is 14.8 Å². The molecule has 0 saturated carbocycles. The molecule has 2 N–H and O–H groups in total. The number of carboxylic acid groups (broad SMARTS) is 1. The third-order valence-corrected chi connectivity index (χ3v) is 5.66. The minimum absolute atomic E-state index is 0.0818. The summed E-state index contributed by atoms with van der Waals surface area (Å²) in [5, 5.41) is 11.7. The lowest BCUT2D eigenvalue weighted by Crippen LogP contribution is -2.30. The molecule has 2 rings (SSSR count). The van der Waals surface area contributed by atoms with Crippen LogP contribution in [0.15, 0.2) is 45.7 Å². The predicted octanol–water partition coefficient (Wildman–Crippen LogP) is 1.78. The summed E-state index contributed by atoms with van der Waals surface area (Å²) in [4.78, 5) is 23.5. The maximum absolute atomic E-state index is 12.5. The van der Waals surface area contributed by atoms with E-state index < -0.39 is 27.9 Å². The number of benzene rings is 1. The van der Waals surface area contributed by atoms with Crippen molar-refractivity contribution in [2.24, 2.45) is 0 Å². The van der Waals surface area contributed by atoms with E-state index in [1.165, 1.54) is 21.0 Å². The van der Waals surface area contributed by atoms with E-state index in [9.17, 15) is 18.0 Å². The van der Waals surface area contributed by atoms with E-state index in [-0.39, 0.29) is 22.8 Å². The van der Waals surface area contributed by atoms with Gasteiger partial charge < -0.3 is 14.8 Å². The highest BCUT2D eigenvalue weighted by molar-refractivity contribution is 7.89. The van der Waals surface area contributed by atoms with E-state index in [1.807, 2.05) is 0 Å². The smallest absolute Gasteiger partial charge is 0.305 e. The molecular formula is C17H20N2O6S. The molecule has 9 heteroatoms.